The third-order valence-corrected chi connectivity index (χ3v) is 2.14. The molecular formula is C10H8N2O3. The number of aromatic carboxylic acids is 1. The second-order valence-corrected chi connectivity index (χ2v) is 3.07. The van der Waals surface area contributed by atoms with Gasteiger partial charge in [-0.1, -0.05) is 6.07 Å². The van der Waals surface area contributed by atoms with Gasteiger partial charge in [-0.05, 0) is 12.1 Å². The molecule has 0 atom stereocenters. The van der Waals surface area contributed by atoms with Crippen LogP contribution < -0.4 is 0 Å². The Morgan fingerprint density at radius 3 is 3.00 bits per heavy atom. The van der Waals surface area contributed by atoms with E-state index in [9.17, 15) is 9.59 Å². The summed E-state index contributed by atoms with van der Waals surface area (Å²) in [5, 5.41) is 13.6. The summed E-state index contributed by atoms with van der Waals surface area (Å²) in [4.78, 5) is 21.1. The number of carboxylic acid groups (broad SMARTS) is 1. The number of aldehydes is 1. The minimum absolute atomic E-state index is 0.132. The number of benzene rings is 1. The quantitative estimate of drug-likeness (QED) is 0.755. The van der Waals surface area contributed by atoms with Crippen LogP contribution >= 0.6 is 0 Å². The monoisotopic (exact) mass is 204 g/mol. The molecule has 15 heavy (non-hydrogen) atoms. The van der Waals surface area contributed by atoms with Crippen molar-refractivity contribution in [3.05, 3.63) is 30.0 Å². The van der Waals surface area contributed by atoms with Crippen LogP contribution in [0, 0.1) is 0 Å². The van der Waals surface area contributed by atoms with Gasteiger partial charge in [-0.25, -0.2) is 4.79 Å². The smallest absolute Gasteiger partial charge is 0.335 e. The van der Waals surface area contributed by atoms with E-state index in [1.807, 2.05) is 0 Å². The number of hydrogen-bond donors (Lipinski definition) is 1. The van der Waals surface area contributed by atoms with Gasteiger partial charge in [-0.3, -0.25) is 4.68 Å². The lowest BCUT2D eigenvalue weighted by molar-refractivity contribution is -0.108. The number of carboxylic acids is 1. The Kier molecular flexibility index (Phi) is 2.21. The molecule has 0 unspecified atom stereocenters. The van der Waals surface area contributed by atoms with Gasteiger partial charge < -0.3 is 9.90 Å². The number of carbonyl (C=O) groups excluding carboxylic acids is 1. The van der Waals surface area contributed by atoms with Crippen LogP contribution in [0.25, 0.3) is 10.9 Å². The van der Waals surface area contributed by atoms with Crippen LogP contribution in [-0.2, 0) is 11.3 Å². The fourth-order valence-electron chi connectivity index (χ4n) is 1.42. The first-order chi connectivity index (χ1) is 7.22. The number of hydrogen-bond acceptors (Lipinski definition) is 3. The Bertz CT molecular complexity index is 530. The van der Waals surface area contributed by atoms with E-state index in [2.05, 4.69) is 5.10 Å². The van der Waals surface area contributed by atoms with Crippen LogP contribution in [0.4, 0.5) is 0 Å². The lowest BCUT2D eigenvalue weighted by Crippen LogP contribution is -2.01. The normalized spacial score (nSPS) is 10.4. The van der Waals surface area contributed by atoms with E-state index in [0.29, 0.717) is 5.52 Å². The summed E-state index contributed by atoms with van der Waals surface area (Å²) in [5.74, 6) is -0.990. The highest BCUT2D eigenvalue weighted by molar-refractivity contribution is 5.93. The van der Waals surface area contributed by atoms with E-state index in [4.69, 9.17) is 5.11 Å². The average Bonchev–Trinajstić information content (AvgIpc) is 2.61. The van der Waals surface area contributed by atoms with Crippen molar-refractivity contribution in [2.45, 2.75) is 6.54 Å². The molecule has 0 bridgehead atoms. The zero-order valence-corrected chi connectivity index (χ0v) is 7.75. The summed E-state index contributed by atoms with van der Waals surface area (Å²) < 4.78 is 1.47. The minimum atomic E-state index is -0.990. The summed E-state index contributed by atoms with van der Waals surface area (Å²) in [6.07, 6.45) is 2.32. The molecule has 0 aliphatic carbocycles. The van der Waals surface area contributed by atoms with Gasteiger partial charge in [-0.2, -0.15) is 5.10 Å². The Morgan fingerprint density at radius 2 is 2.33 bits per heavy atom. The van der Waals surface area contributed by atoms with Crippen molar-refractivity contribution in [2.24, 2.45) is 0 Å². The molecule has 2 aromatic rings. The lowest BCUT2D eigenvalue weighted by atomic mass is 10.2. The first kappa shape index (κ1) is 9.39. The summed E-state index contributed by atoms with van der Waals surface area (Å²) >= 11 is 0. The van der Waals surface area contributed by atoms with Crippen molar-refractivity contribution in [3.63, 3.8) is 0 Å². The molecule has 5 heteroatoms. The molecule has 1 aromatic heterocycles. The van der Waals surface area contributed by atoms with Gasteiger partial charge in [0.1, 0.15) is 6.29 Å². The van der Waals surface area contributed by atoms with Crippen LogP contribution in [0.3, 0.4) is 0 Å². The van der Waals surface area contributed by atoms with Gasteiger partial charge in [0.15, 0.2) is 0 Å². The number of fused-ring (bicyclic) bond motifs is 1. The minimum Gasteiger partial charge on any atom is -0.478 e. The third kappa shape index (κ3) is 1.59. The largest absolute Gasteiger partial charge is 0.478 e. The molecule has 0 amide bonds. The molecule has 5 nitrogen and oxygen atoms in total. The maximum atomic E-state index is 10.7. The molecule has 1 aromatic carbocycles. The van der Waals surface area contributed by atoms with E-state index in [-0.39, 0.29) is 12.1 Å². The Hall–Kier alpha value is -2.17. The summed E-state index contributed by atoms with van der Waals surface area (Å²) in [6.45, 7) is 0.132. The van der Waals surface area contributed by atoms with Gasteiger partial charge in [-0.15, -0.1) is 0 Å². The SMILES string of the molecule is O=CCn1ncc2ccc(C(=O)O)cc21. The number of rotatable bonds is 3. The molecule has 0 aliphatic rings. The molecule has 2 rings (SSSR count). The summed E-state index contributed by atoms with van der Waals surface area (Å²) in [5.41, 5.74) is 0.845. The van der Waals surface area contributed by atoms with Gasteiger partial charge in [0, 0.05) is 5.39 Å². The maximum absolute atomic E-state index is 10.7. The third-order valence-electron chi connectivity index (χ3n) is 2.14. The summed E-state index contributed by atoms with van der Waals surface area (Å²) in [6, 6.07) is 4.69. The van der Waals surface area contributed by atoms with E-state index >= 15 is 0 Å². The van der Waals surface area contributed by atoms with Crippen molar-refractivity contribution >= 4 is 23.2 Å². The fourth-order valence-corrected chi connectivity index (χ4v) is 1.42. The van der Waals surface area contributed by atoms with Crippen LogP contribution in [0.5, 0.6) is 0 Å². The van der Waals surface area contributed by atoms with Gasteiger partial charge in [0.2, 0.25) is 0 Å². The second-order valence-electron chi connectivity index (χ2n) is 3.07. The van der Waals surface area contributed by atoms with E-state index in [1.54, 1.807) is 12.3 Å². The predicted molar refractivity (Wildman–Crippen MR) is 52.8 cm³/mol. The van der Waals surface area contributed by atoms with Gasteiger partial charge >= 0.3 is 5.97 Å². The van der Waals surface area contributed by atoms with E-state index in [0.717, 1.165) is 11.7 Å². The number of nitrogens with zero attached hydrogens (tertiary/aromatic N) is 2. The predicted octanol–water partition coefficient (Wildman–Crippen LogP) is 0.933. The molecule has 0 fully saturated rings. The van der Waals surface area contributed by atoms with E-state index in [1.165, 1.54) is 16.8 Å². The highest BCUT2D eigenvalue weighted by Crippen LogP contribution is 2.15. The standard InChI is InChI=1S/C10H8N2O3/c13-4-3-12-9-5-7(10(14)15)1-2-8(9)6-11-12/h1-2,4-6H,3H2,(H,14,15). The van der Waals surface area contributed by atoms with Crippen molar-refractivity contribution in [3.8, 4) is 0 Å². The maximum Gasteiger partial charge on any atom is 0.335 e. The molecular weight excluding hydrogens is 196 g/mol. The molecule has 0 aliphatic heterocycles. The first-order valence-corrected chi connectivity index (χ1v) is 4.35. The van der Waals surface area contributed by atoms with Gasteiger partial charge in [0.25, 0.3) is 0 Å². The molecule has 1 N–H and O–H groups in total. The Balaban J connectivity index is 2.60. The topological polar surface area (TPSA) is 72.2 Å². The van der Waals surface area contributed by atoms with E-state index < -0.39 is 5.97 Å². The van der Waals surface area contributed by atoms with Crippen molar-refractivity contribution < 1.29 is 14.7 Å². The van der Waals surface area contributed by atoms with Crippen LogP contribution in [-0.4, -0.2) is 27.1 Å². The molecule has 0 radical (unpaired) electrons. The molecule has 0 saturated heterocycles. The van der Waals surface area contributed by atoms with Crippen LogP contribution in [0.15, 0.2) is 24.4 Å². The average molecular weight is 204 g/mol. The highest BCUT2D eigenvalue weighted by atomic mass is 16.4. The molecule has 0 saturated carbocycles. The lowest BCUT2D eigenvalue weighted by Gasteiger charge is -1.98. The van der Waals surface area contributed by atoms with Crippen LogP contribution in [0.2, 0.25) is 0 Å². The van der Waals surface area contributed by atoms with Crippen molar-refractivity contribution in [1.29, 1.82) is 0 Å². The fraction of sp³-hybridized carbons (Fsp3) is 0.100. The number of aromatic nitrogens is 2. The van der Waals surface area contributed by atoms with Crippen molar-refractivity contribution in [1.82, 2.24) is 9.78 Å². The molecule has 1 heterocycles. The zero-order valence-electron chi connectivity index (χ0n) is 7.75. The second kappa shape index (κ2) is 3.53. The summed E-state index contributed by atoms with van der Waals surface area (Å²) in [7, 11) is 0. The van der Waals surface area contributed by atoms with Crippen molar-refractivity contribution in [2.75, 3.05) is 0 Å². The Labute approximate surface area is 84.9 Å². The highest BCUT2D eigenvalue weighted by Gasteiger charge is 2.07. The molecule has 0 spiro atoms. The first-order valence-electron chi connectivity index (χ1n) is 4.35. The number of carbonyl (C=O) groups is 2. The van der Waals surface area contributed by atoms with Crippen LogP contribution in [0.1, 0.15) is 10.4 Å². The zero-order chi connectivity index (χ0) is 10.8. The Morgan fingerprint density at radius 1 is 1.53 bits per heavy atom. The molecule has 76 valence electrons. The van der Waals surface area contributed by atoms with Gasteiger partial charge in [0.05, 0.1) is 23.8 Å².